The number of methoxy groups -OCH3 is 2. The number of H-pyrrole nitrogens is 1. The fourth-order valence-electron chi connectivity index (χ4n) is 7.04. The maximum absolute atomic E-state index is 13.8. The van der Waals surface area contributed by atoms with Gasteiger partial charge in [0.2, 0.25) is 15.7 Å². The van der Waals surface area contributed by atoms with Gasteiger partial charge in [0.05, 0.1) is 24.6 Å². The van der Waals surface area contributed by atoms with Crippen LogP contribution in [0.4, 0.5) is 0 Å². The number of hydrogen-bond acceptors (Lipinski definition) is 7. The molecule has 4 heterocycles. The standard InChI is InChI=1S/C32H33N5O5S/c1-19-34-29-30(25-13-14-33-31(25)35-32(29)43(39,40)24-7-5-4-6-8-24)37(19)22-11-9-20-15-28(38)36(26(20)16-22)18-21-10-12-23(41-2)17-27(21)42-3/h4-8,10,12-14,17,20,22,26H,9,11,15-16,18H2,1-3H3,(H,33,35). The smallest absolute Gasteiger partial charge is 0.226 e. The predicted molar refractivity (Wildman–Crippen MR) is 161 cm³/mol. The molecule has 3 atom stereocenters. The van der Waals surface area contributed by atoms with Crippen LogP contribution in [-0.2, 0) is 21.2 Å². The van der Waals surface area contributed by atoms with Gasteiger partial charge in [-0.15, -0.1) is 0 Å². The number of aromatic amines is 1. The van der Waals surface area contributed by atoms with E-state index in [2.05, 4.69) is 14.5 Å². The summed E-state index contributed by atoms with van der Waals surface area (Å²) in [6.45, 7) is 2.37. The van der Waals surface area contributed by atoms with E-state index < -0.39 is 9.84 Å². The summed E-state index contributed by atoms with van der Waals surface area (Å²) in [4.78, 5) is 28.0. The number of hydrogen-bond donors (Lipinski definition) is 1. The fourth-order valence-corrected chi connectivity index (χ4v) is 8.38. The lowest BCUT2D eigenvalue weighted by atomic mass is 9.82. The molecular formula is C32H33N5O5S. The number of pyridine rings is 1. The number of carbonyl (C=O) groups excluding carboxylic acids is 1. The maximum Gasteiger partial charge on any atom is 0.226 e. The third-order valence-corrected chi connectivity index (χ3v) is 10.8. The van der Waals surface area contributed by atoms with Gasteiger partial charge >= 0.3 is 0 Å². The number of likely N-dealkylation sites (tertiary alicyclic amines) is 1. The normalized spacial score (nSPS) is 20.6. The zero-order valence-corrected chi connectivity index (χ0v) is 25.1. The molecule has 10 nitrogen and oxygen atoms in total. The van der Waals surface area contributed by atoms with Crippen molar-refractivity contribution in [2.75, 3.05) is 14.2 Å². The Kier molecular flexibility index (Phi) is 6.65. The van der Waals surface area contributed by atoms with Crippen LogP contribution in [0.15, 0.2) is 70.7 Å². The van der Waals surface area contributed by atoms with Crippen LogP contribution >= 0.6 is 0 Å². The van der Waals surface area contributed by atoms with Crippen LogP contribution in [0.1, 0.15) is 43.1 Å². The Morgan fingerprint density at radius 1 is 1.02 bits per heavy atom. The molecule has 2 aliphatic rings. The van der Waals surface area contributed by atoms with Crippen molar-refractivity contribution in [3.8, 4) is 11.5 Å². The third kappa shape index (κ3) is 4.45. The highest BCUT2D eigenvalue weighted by atomic mass is 32.2. The highest BCUT2D eigenvalue weighted by molar-refractivity contribution is 7.91. The van der Waals surface area contributed by atoms with Crippen molar-refractivity contribution in [1.82, 2.24) is 24.4 Å². The van der Waals surface area contributed by atoms with Gasteiger partial charge < -0.3 is 23.9 Å². The van der Waals surface area contributed by atoms with Crippen LogP contribution in [0.2, 0.25) is 0 Å². The van der Waals surface area contributed by atoms with E-state index in [1.165, 1.54) is 0 Å². The Labute approximate surface area is 249 Å². The molecule has 5 aromatic rings. The van der Waals surface area contributed by atoms with Crippen LogP contribution in [0.3, 0.4) is 0 Å². The molecule has 2 fully saturated rings. The van der Waals surface area contributed by atoms with Gasteiger partial charge in [0.1, 0.15) is 28.5 Å². The zero-order valence-electron chi connectivity index (χ0n) is 24.3. The molecule has 2 aromatic carbocycles. The van der Waals surface area contributed by atoms with E-state index in [1.807, 2.05) is 36.1 Å². The first-order valence-corrected chi connectivity index (χ1v) is 15.9. The lowest BCUT2D eigenvalue weighted by molar-refractivity contribution is -0.129. The molecule has 7 rings (SSSR count). The number of imidazole rings is 1. The number of ether oxygens (including phenoxy) is 2. The topological polar surface area (TPSA) is 119 Å². The number of carbonyl (C=O) groups is 1. The van der Waals surface area contributed by atoms with E-state index in [-0.39, 0.29) is 33.8 Å². The lowest BCUT2D eigenvalue weighted by Gasteiger charge is -2.37. The molecule has 1 N–H and O–H groups in total. The minimum atomic E-state index is -3.93. The van der Waals surface area contributed by atoms with Gasteiger partial charge in [0, 0.05) is 48.3 Å². The van der Waals surface area contributed by atoms with E-state index in [0.29, 0.717) is 35.6 Å². The van der Waals surface area contributed by atoms with Gasteiger partial charge in [-0.25, -0.2) is 18.4 Å². The second-order valence-corrected chi connectivity index (χ2v) is 13.3. The Hall–Kier alpha value is -4.38. The van der Waals surface area contributed by atoms with E-state index in [1.54, 1.807) is 50.7 Å². The summed E-state index contributed by atoms with van der Waals surface area (Å²) >= 11 is 0. The van der Waals surface area contributed by atoms with Crippen LogP contribution in [-0.4, -0.2) is 59.0 Å². The molecule has 3 aromatic heterocycles. The molecule has 1 aliphatic carbocycles. The number of nitrogens with one attached hydrogen (secondary N) is 1. The number of benzene rings is 2. The molecule has 1 amide bonds. The Morgan fingerprint density at radius 3 is 2.60 bits per heavy atom. The number of fused-ring (bicyclic) bond motifs is 4. The molecule has 3 unspecified atom stereocenters. The van der Waals surface area contributed by atoms with Crippen molar-refractivity contribution >= 4 is 37.8 Å². The van der Waals surface area contributed by atoms with E-state index in [4.69, 9.17) is 14.5 Å². The van der Waals surface area contributed by atoms with Crippen LogP contribution in [0.25, 0.3) is 22.1 Å². The van der Waals surface area contributed by atoms with E-state index in [0.717, 1.165) is 41.6 Å². The van der Waals surface area contributed by atoms with E-state index >= 15 is 0 Å². The van der Waals surface area contributed by atoms with Gasteiger partial charge in [-0.1, -0.05) is 18.2 Å². The zero-order chi connectivity index (χ0) is 29.9. The van der Waals surface area contributed by atoms with Crippen molar-refractivity contribution < 1.29 is 22.7 Å². The number of aryl methyl sites for hydroxylation is 1. The number of sulfone groups is 1. The molecule has 0 bridgehead atoms. The summed E-state index contributed by atoms with van der Waals surface area (Å²) in [5.74, 6) is 2.53. The quantitative estimate of drug-likeness (QED) is 0.273. The molecule has 1 saturated carbocycles. The average molecular weight is 600 g/mol. The second-order valence-electron chi connectivity index (χ2n) is 11.4. The summed E-state index contributed by atoms with van der Waals surface area (Å²) in [5.41, 5.74) is 2.56. The Bertz CT molecular complexity index is 1970. The third-order valence-electron chi connectivity index (χ3n) is 9.08. The van der Waals surface area contributed by atoms with Crippen molar-refractivity contribution in [2.45, 2.75) is 61.2 Å². The summed E-state index contributed by atoms with van der Waals surface area (Å²) in [6.07, 6.45) is 4.82. The molecule has 1 aliphatic heterocycles. The minimum Gasteiger partial charge on any atom is -0.497 e. The van der Waals surface area contributed by atoms with Gasteiger partial charge in [-0.2, -0.15) is 0 Å². The highest BCUT2D eigenvalue weighted by Crippen LogP contribution is 2.45. The molecule has 1 saturated heterocycles. The predicted octanol–water partition coefficient (Wildman–Crippen LogP) is 5.21. The molecular weight excluding hydrogens is 566 g/mol. The summed E-state index contributed by atoms with van der Waals surface area (Å²) in [6, 6.07) is 16.0. The summed E-state index contributed by atoms with van der Waals surface area (Å²) in [5, 5.41) is 0.774. The second kappa shape index (κ2) is 10.4. The average Bonchev–Trinajstić information content (AvgIpc) is 3.71. The number of aromatic nitrogens is 4. The Balaban J connectivity index is 1.29. The monoisotopic (exact) mass is 599 g/mol. The van der Waals surface area contributed by atoms with Crippen LogP contribution in [0.5, 0.6) is 11.5 Å². The van der Waals surface area contributed by atoms with Gasteiger partial charge in [0.25, 0.3) is 0 Å². The Morgan fingerprint density at radius 2 is 1.84 bits per heavy atom. The van der Waals surface area contributed by atoms with Crippen molar-refractivity contribution in [2.24, 2.45) is 5.92 Å². The first-order valence-electron chi connectivity index (χ1n) is 14.5. The highest BCUT2D eigenvalue weighted by Gasteiger charge is 2.44. The minimum absolute atomic E-state index is 0.0326. The molecule has 222 valence electrons. The largest absolute Gasteiger partial charge is 0.497 e. The SMILES string of the molecule is COc1ccc(CN2C(=O)CC3CCC(n4c(C)nc5c(S(=O)(=O)c6ccccc6)nc6[nH]ccc6c54)CC32)c(OC)c1. The molecule has 43 heavy (non-hydrogen) atoms. The lowest BCUT2D eigenvalue weighted by Crippen LogP contribution is -2.39. The van der Waals surface area contributed by atoms with Gasteiger partial charge in [0.15, 0.2) is 5.03 Å². The van der Waals surface area contributed by atoms with Crippen molar-refractivity contribution in [3.63, 3.8) is 0 Å². The molecule has 11 heteroatoms. The summed E-state index contributed by atoms with van der Waals surface area (Å²) in [7, 11) is -0.687. The van der Waals surface area contributed by atoms with Crippen LogP contribution in [0, 0.1) is 12.8 Å². The first-order chi connectivity index (χ1) is 20.8. The molecule has 0 spiro atoms. The number of nitrogens with zero attached hydrogens (tertiary/aromatic N) is 4. The van der Waals surface area contributed by atoms with E-state index in [9.17, 15) is 13.2 Å². The van der Waals surface area contributed by atoms with Crippen molar-refractivity contribution in [3.05, 3.63) is 72.2 Å². The number of amides is 1. The van der Waals surface area contributed by atoms with Gasteiger partial charge in [-0.3, -0.25) is 4.79 Å². The first kappa shape index (κ1) is 27.5. The van der Waals surface area contributed by atoms with Gasteiger partial charge in [-0.05, 0) is 62.4 Å². The maximum atomic E-state index is 13.8. The summed E-state index contributed by atoms with van der Waals surface area (Å²) < 4.78 is 40.8. The molecule has 0 radical (unpaired) electrons. The fraction of sp³-hybridized carbons (Fsp3) is 0.344. The number of rotatable bonds is 7. The van der Waals surface area contributed by atoms with Crippen LogP contribution < -0.4 is 9.47 Å². The van der Waals surface area contributed by atoms with Crippen molar-refractivity contribution in [1.29, 1.82) is 0 Å².